The van der Waals surface area contributed by atoms with Gasteiger partial charge in [0.05, 0.1) is 43.2 Å². The lowest BCUT2D eigenvalue weighted by molar-refractivity contribution is -0.283. The highest BCUT2D eigenvalue weighted by Crippen LogP contribution is 2.79. The van der Waals surface area contributed by atoms with E-state index in [0.717, 1.165) is 13.1 Å². The molecule has 1 aromatic rings. The number of fused-ring (bicyclic) bond motifs is 2. The van der Waals surface area contributed by atoms with Crippen LogP contribution in [0.1, 0.15) is 37.0 Å². The maximum absolute atomic E-state index is 13.9. The Kier molecular flexibility index (Phi) is 7.71. The highest BCUT2D eigenvalue weighted by molar-refractivity contribution is 5.89. The van der Waals surface area contributed by atoms with Crippen LogP contribution in [0.25, 0.3) is 0 Å². The molecular weight excluding hydrogens is 578 g/mol. The topological polar surface area (TPSA) is 105 Å². The van der Waals surface area contributed by atoms with Crippen LogP contribution in [0.2, 0.25) is 0 Å². The van der Waals surface area contributed by atoms with Crippen LogP contribution in [0.5, 0.6) is 5.75 Å². The van der Waals surface area contributed by atoms with Crippen LogP contribution < -0.4 is 4.74 Å². The molecule has 5 aliphatic carbocycles. The van der Waals surface area contributed by atoms with Crippen molar-refractivity contribution in [2.24, 2.45) is 34.5 Å². The van der Waals surface area contributed by atoms with Gasteiger partial charge in [-0.05, 0) is 50.1 Å². The van der Waals surface area contributed by atoms with Gasteiger partial charge in [-0.3, -0.25) is 4.90 Å². The van der Waals surface area contributed by atoms with Crippen molar-refractivity contribution in [3.05, 3.63) is 42.0 Å². The first-order chi connectivity index (χ1) is 21.7. The predicted octanol–water partition coefficient (Wildman–Crippen LogP) is 2.96. The van der Waals surface area contributed by atoms with Crippen molar-refractivity contribution in [1.29, 1.82) is 0 Å². The summed E-state index contributed by atoms with van der Waals surface area (Å²) in [5, 5.41) is 12.8. The molecule has 1 aromatic carbocycles. The molecule has 248 valence electrons. The van der Waals surface area contributed by atoms with E-state index in [1.54, 1.807) is 52.7 Å². The van der Waals surface area contributed by atoms with Crippen molar-refractivity contribution >= 4 is 5.97 Å². The summed E-state index contributed by atoms with van der Waals surface area (Å²) in [5.41, 5.74) is -2.58. The molecule has 10 heteroatoms. The van der Waals surface area contributed by atoms with Crippen LogP contribution in [-0.4, -0.2) is 119 Å². The first-order valence-electron chi connectivity index (χ1n) is 16.4. The van der Waals surface area contributed by atoms with Gasteiger partial charge in [-0.2, -0.15) is 0 Å². The third-order valence-electron chi connectivity index (χ3n) is 12.9. The maximum atomic E-state index is 13.9. The van der Waals surface area contributed by atoms with Crippen molar-refractivity contribution in [3.8, 4) is 5.75 Å². The minimum atomic E-state index is -1.41. The molecule has 10 nitrogen and oxygen atoms in total. The van der Waals surface area contributed by atoms with Gasteiger partial charge < -0.3 is 38.3 Å². The van der Waals surface area contributed by atoms with Gasteiger partial charge in [0.15, 0.2) is 0 Å². The number of aliphatic hydroxyl groups is 1. The lowest BCUT2D eigenvalue weighted by Crippen LogP contribution is -2.76. The standard InChI is InChI=1S/C35H49NO9/c1-8-36-18-32(19-39-3)15-14-23(41-5)35-22-16-33(38)24(42-6)17-34(44-9-2,26(29(35)36)27(43-7)28(32)35)25(22)30(33)45-31(37)20-10-12-21(40-4)13-11-20/h10-15,22-30,38H,8-9,16-19H2,1-7H3/t22-,23+,24+,25-,26+,27-,28-,29-,30-,32?,33+,34+,35+/m1/s1. The number of rotatable bonds is 11. The van der Waals surface area contributed by atoms with E-state index in [9.17, 15) is 9.90 Å². The minimum absolute atomic E-state index is 0.0388. The number of benzene rings is 1. The van der Waals surface area contributed by atoms with Gasteiger partial charge in [0.1, 0.15) is 17.5 Å². The number of hydrogen-bond donors (Lipinski definition) is 1. The molecule has 0 aromatic heterocycles. The summed E-state index contributed by atoms with van der Waals surface area (Å²) in [6.45, 7) is 6.93. The molecule has 13 atom stereocenters. The fourth-order valence-electron chi connectivity index (χ4n) is 12.0. The zero-order valence-electron chi connectivity index (χ0n) is 27.6. The monoisotopic (exact) mass is 627 g/mol. The number of ether oxygens (including phenoxy) is 7. The molecule has 1 saturated heterocycles. The van der Waals surface area contributed by atoms with Crippen molar-refractivity contribution in [3.63, 3.8) is 0 Å². The van der Waals surface area contributed by atoms with Crippen LogP contribution in [0, 0.1) is 34.5 Å². The molecule has 4 saturated carbocycles. The number of hydrogen-bond acceptors (Lipinski definition) is 10. The molecule has 1 spiro atoms. The number of methoxy groups -OCH3 is 5. The fraction of sp³-hybridized carbons (Fsp3) is 0.743. The first kappa shape index (κ1) is 31.5. The van der Waals surface area contributed by atoms with Gasteiger partial charge in [-0.1, -0.05) is 19.1 Å². The van der Waals surface area contributed by atoms with Gasteiger partial charge >= 0.3 is 5.97 Å². The molecule has 1 aliphatic heterocycles. The Bertz CT molecular complexity index is 1320. The lowest BCUT2D eigenvalue weighted by Gasteiger charge is -2.68. The molecule has 45 heavy (non-hydrogen) atoms. The zero-order valence-corrected chi connectivity index (χ0v) is 27.6. The Morgan fingerprint density at radius 2 is 1.76 bits per heavy atom. The van der Waals surface area contributed by atoms with E-state index in [1.165, 1.54) is 0 Å². The summed E-state index contributed by atoms with van der Waals surface area (Å²) in [6, 6.07) is 6.93. The smallest absolute Gasteiger partial charge is 0.338 e. The number of esters is 1. The van der Waals surface area contributed by atoms with E-state index in [0.29, 0.717) is 37.4 Å². The largest absolute Gasteiger partial charge is 0.497 e. The second-order valence-corrected chi connectivity index (χ2v) is 14.1. The third-order valence-corrected chi connectivity index (χ3v) is 12.9. The van der Waals surface area contributed by atoms with Crippen LogP contribution in [0.3, 0.4) is 0 Å². The van der Waals surface area contributed by atoms with Crippen LogP contribution in [-0.2, 0) is 28.4 Å². The molecule has 6 aliphatic rings. The third kappa shape index (κ3) is 3.79. The Hall–Kier alpha value is -2.05. The average molecular weight is 628 g/mol. The highest BCUT2D eigenvalue weighted by Gasteiger charge is 2.88. The molecule has 7 bridgehead atoms. The number of carbonyl (C=O) groups excluding carboxylic acids is 1. The second kappa shape index (κ2) is 11.0. The van der Waals surface area contributed by atoms with Gasteiger partial charge in [0, 0.05) is 82.6 Å². The van der Waals surface area contributed by atoms with E-state index in [2.05, 4.69) is 24.0 Å². The van der Waals surface area contributed by atoms with Crippen molar-refractivity contribution in [1.82, 2.24) is 4.90 Å². The van der Waals surface area contributed by atoms with Crippen molar-refractivity contribution in [2.45, 2.75) is 68.3 Å². The van der Waals surface area contributed by atoms with Crippen LogP contribution >= 0.6 is 0 Å². The van der Waals surface area contributed by atoms with Crippen molar-refractivity contribution < 1.29 is 43.1 Å². The van der Waals surface area contributed by atoms with Gasteiger partial charge in [-0.25, -0.2) is 4.79 Å². The number of piperidine rings is 1. The molecular formula is C35H49NO9. The average Bonchev–Trinajstić information content (AvgIpc) is 3.42. The molecule has 0 amide bonds. The Morgan fingerprint density at radius 1 is 1.00 bits per heavy atom. The highest BCUT2D eigenvalue weighted by atomic mass is 16.6. The van der Waals surface area contributed by atoms with E-state index in [4.69, 9.17) is 33.2 Å². The Balaban J connectivity index is 1.45. The molecule has 1 heterocycles. The van der Waals surface area contributed by atoms with Crippen molar-refractivity contribution in [2.75, 3.05) is 61.9 Å². The number of likely N-dealkylation sites (tertiary alicyclic amines) is 1. The maximum Gasteiger partial charge on any atom is 0.338 e. The Labute approximate surface area is 266 Å². The summed E-state index contributed by atoms with van der Waals surface area (Å²) >= 11 is 0. The summed E-state index contributed by atoms with van der Waals surface area (Å²) in [4.78, 5) is 16.5. The Morgan fingerprint density at radius 3 is 2.36 bits per heavy atom. The van der Waals surface area contributed by atoms with E-state index in [-0.39, 0.29) is 47.3 Å². The molecule has 0 radical (unpaired) electrons. The quantitative estimate of drug-likeness (QED) is 0.291. The van der Waals surface area contributed by atoms with Gasteiger partial charge in [0.2, 0.25) is 0 Å². The SMILES string of the molecule is CCO[C@@]12C[C@H](OC)[C@@]3(O)C[C@H]([C@@H]1[C@H]3OC(=O)c1ccc(OC)cc1)[C@@]13[C@@H](OC)C=CC4(COC)CN(CC)[C@@H]1[C@@H]2[C@@H](OC)[C@H]43. The summed E-state index contributed by atoms with van der Waals surface area (Å²) in [6.07, 6.45) is 3.56. The molecule has 5 fully saturated rings. The molecule has 1 N–H and O–H groups in total. The van der Waals surface area contributed by atoms with E-state index in [1.807, 2.05) is 14.0 Å². The summed E-state index contributed by atoms with van der Waals surface area (Å²) in [5.74, 6) is -0.310. The van der Waals surface area contributed by atoms with E-state index >= 15 is 0 Å². The van der Waals surface area contributed by atoms with Crippen LogP contribution in [0.15, 0.2) is 36.4 Å². The number of carbonyl (C=O) groups is 1. The fourth-order valence-corrected chi connectivity index (χ4v) is 12.0. The predicted molar refractivity (Wildman–Crippen MR) is 164 cm³/mol. The number of nitrogens with zero attached hydrogens (tertiary/aromatic N) is 1. The molecule has 7 rings (SSSR count). The second-order valence-electron chi connectivity index (χ2n) is 14.1. The lowest BCUT2D eigenvalue weighted by atomic mass is 9.44. The van der Waals surface area contributed by atoms with E-state index < -0.39 is 34.8 Å². The van der Waals surface area contributed by atoms with Gasteiger partial charge in [0.25, 0.3) is 0 Å². The van der Waals surface area contributed by atoms with Crippen LogP contribution in [0.4, 0.5) is 0 Å². The summed E-state index contributed by atoms with van der Waals surface area (Å²) < 4.78 is 44.1. The zero-order chi connectivity index (χ0) is 31.9. The van der Waals surface area contributed by atoms with Gasteiger partial charge in [-0.15, -0.1) is 0 Å². The molecule has 1 unspecified atom stereocenters. The summed E-state index contributed by atoms with van der Waals surface area (Å²) in [7, 11) is 8.60. The first-order valence-corrected chi connectivity index (χ1v) is 16.4. The normalized spacial score (nSPS) is 47.2. The minimum Gasteiger partial charge on any atom is -0.497 e.